The fourth-order valence-corrected chi connectivity index (χ4v) is 6.97. The van der Waals surface area contributed by atoms with E-state index in [0.717, 1.165) is 52.7 Å². The summed E-state index contributed by atoms with van der Waals surface area (Å²) < 4.78 is 23.4. The Kier molecular flexibility index (Phi) is 7.23. The van der Waals surface area contributed by atoms with Gasteiger partial charge in [0.05, 0.1) is 7.11 Å². The van der Waals surface area contributed by atoms with Crippen LogP contribution in [-0.4, -0.2) is 37.5 Å². The fourth-order valence-electron chi connectivity index (χ4n) is 6.40. The molecular formula is C31H32BrNO6. The van der Waals surface area contributed by atoms with Crippen LogP contribution in [0.3, 0.4) is 0 Å². The Morgan fingerprint density at radius 2 is 1.74 bits per heavy atom. The summed E-state index contributed by atoms with van der Waals surface area (Å²) in [5.74, 6) is 0.508. The number of ketones is 1. The zero-order chi connectivity index (χ0) is 27.1. The topological polar surface area (TPSA) is 83.4 Å². The van der Waals surface area contributed by atoms with Crippen LogP contribution >= 0.6 is 15.9 Å². The number of hydrogen-bond donors (Lipinski definition) is 0. The first kappa shape index (κ1) is 26.1. The number of allylic oxidation sites excluding steroid dienone is 2. The van der Waals surface area contributed by atoms with Gasteiger partial charge in [0.15, 0.2) is 17.3 Å². The molecule has 204 valence electrons. The second-order valence-corrected chi connectivity index (χ2v) is 11.6. The number of Topliss-reactive ketones (excluding diaryl/α,β-unsaturated/α-hetero) is 1. The van der Waals surface area contributed by atoms with Crippen LogP contribution in [0, 0.1) is 5.92 Å². The van der Waals surface area contributed by atoms with E-state index in [2.05, 4.69) is 15.9 Å². The first-order valence-electron chi connectivity index (χ1n) is 13.7. The molecule has 1 unspecified atom stereocenters. The number of carbonyl (C=O) groups excluding carboxylic acids is 2. The number of esters is 1. The van der Waals surface area contributed by atoms with Gasteiger partial charge in [0.25, 0.3) is 0 Å². The van der Waals surface area contributed by atoms with Crippen LogP contribution in [0.2, 0.25) is 0 Å². The predicted octanol–water partition coefficient (Wildman–Crippen LogP) is 6.64. The number of aliphatic imine (C=N–C) groups is 1. The molecule has 39 heavy (non-hydrogen) atoms. The lowest BCUT2D eigenvalue weighted by atomic mass is 9.69. The summed E-state index contributed by atoms with van der Waals surface area (Å²) >= 11 is 3.71. The van der Waals surface area contributed by atoms with E-state index < -0.39 is 11.8 Å². The van der Waals surface area contributed by atoms with Gasteiger partial charge in [-0.3, -0.25) is 14.6 Å². The SMILES string of the molecule is COc1ccc([C@H]2CC(=O)C3=C(C2)N=C(C)C(C(=O)OC2CCCCC2)[C@H]3c2cc3c(cc2Br)OCO3)cc1. The summed E-state index contributed by atoms with van der Waals surface area (Å²) in [5, 5.41) is 0. The third-order valence-electron chi connectivity index (χ3n) is 8.39. The van der Waals surface area contributed by atoms with E-state index in [4.69, 9.17) is 23.9 Å². The Morgan fingerprint density at radius 1 is 1.03 bits per heavy atom. The van der Waals surface area contributed by atoms with Gasteiger partial charge in [-0.1, -0.05) is 34.5 Å². The molecule has 2 aliphatic heterocycles. The molecule has 2 aliphatic carbocycles. The number of methoxy groups -OCH3 is 1. The van der Waals surface area contributed by atoms with Gasteiger partial charge in [0.2, 0.25) is 6.79 Å². The van der Waals surface area contributed by atoms with Crippen molar-refractivity contribution in [2.24, 2.45) is 10.9 Å². The Labute approximate surface area is 236 Å². The van der Waals surface area contributed by atoms with Crippen LogP contribution in [0.25, 0.3) is 0 Å². The number of nitrogens with zero attached hydrogens (tertiary/aromatic N) is 1. The minimum absolute atomic E-state index is 0.00490. The quantitative estimate of drug-likeness (QED) is 0.361. The van der Waals surface area contributed by atoms with Crippen LogP contribution in [0.15, 0.2) is 57.1 Å². The fraction of sp³-hybridized carbons (Fsp3) is 0.452. The van der Waals surface area contributed by atoms with Gasteiger partial charge in [-0.05, 0) is 80.3 Å². The highest BCUT2D eigenvalue weighted by atomic mass is 79.9. The van der Waals surface area contributed by atoms with Crippen LogP contribution in [0.5, 0.6) is 17.2 Å². The zero-order valence-electron chi connectivity index (χ0n) is 22.2. The van der Waals surface area contributed by atoms with Crippen molar-refractivity contribution in [3.8, 4) is 17.2 Å². The number of ether oxygens (including phenoxy) is 4. The molecule has 1 saturated carbocycles. The molecule has 0 saturated heterocycles. The lowest BCUT2D eigenvalue weighted by molar-refractivity contribution is -0.153. The molecule has 1 fully saturated rings. The van der Waals surface area contributed by atoms with E-state index in [0.29, 0.717) is 35.6 Å². The highest BCUT2D eigenvalue weighted by Gasteiger charge is 2.46. The maximum absolute atomic E-state index is 14.0. The first-order valence-corrected chi connectivity index (χ1v) is 14.5. The smallest absolute Gasteiger partial charge is 0.315 e. The summed E-state index contributed by atoms with van der Waals surface area (Å²) in [4.78, 5) is 32.7. The third-order valence-corrected chi connectivity index (χ3v) is 9.08. The Balaban J connectivity index is 1.40. The molecule has 2 heterocycles. The van der Waals surface area contributed by atoms with Crippen LogP contribution in [0.1, 0.15) is 74.8 Å². The summed E-state index contributed by atoms with van der Waals surface area (Å²) in [6.07, 6.45) is 5.94. The molecule has 7 nitrogen and oxygen atoms in total. The van der Waals surface area contributed by atoms with E-state index >= 15 is 0 Å². The molecule has 4 aliphatic rings. The number of benzene rings is 2. The van der Waals surface area contributed by atoms with Gasteiger partial charge in [-0.25, -0.2) is 0 Å². The molecule has 0 amide bonds. The van der Waals surface area contributed by atoms with Crippen molar-refractivity contribution in [2.75, 3.05) is 13.9 Å². The molecule has 0 N–H and O–H groups in total. The van der Waals surface area contributed by atoms with Crippen molar-refractivity contribution in [3.05, 3.63) is 63.3 Å². The van der Waals surface area contributed by atoms with E-state index in [-0.39, 0.29) is 30.6 Å². The summed E-state index contributed by atoms with van der Waals surface area (Å²) in [7, 11) is 1.64. The second-order valence-electron chi connectivity index (χ2n) is 10.8. The molecule has 0 spiro atoms. The van der Waals surface area contributed by atoms with Crippen LogP contribution < -0.4 is 14.2 Å². The highest BCUT2D eigenvalue weighted by molar-refractivity contribution is 9.10. The van der Waals surface area contributed by atoms with Gasteiger partial charge >= 0.3 is 5.97 Å². The largest absolute Gasteiger partial charge is 0.497 e. The van der Waals surface area contributed by atoms with Gasteiger partial charge in [-0.2, -0.15) is 0 Å². The monoisotopic (exact) mass is 593 g/mol. The number of hydrogen-bond acceptors (Lipinski definition) is 7. The lowest BCUT2D eigenvalue weighted by Crippen LogP contribution is -2.39. The summed E-state index contributed by atoms with van der Waals surface area (Å²) in [5.41, 5.74) is 3.91. The van der Waals surface area contributed by atoms with Gasteiger partial charge in [-0.15, -0.1) is 0 Å². The van der Waals surface area contributed by atoms with Crippen LogP contribution in [0.4, 0.5) is 0 Å². The van der Waals surface area contributed by atoms with Crippen molar-refractivity contribution >= 4 is 33.4 Å². The predicted molar refractivity (Wildman–Crippen MR) is 150 cm³/mol. The maximum Gasteiger partial charge on any atom is 0.315 e. The van der Waals surface area contributed by atoms with Crippen molar-refractivity contribution in [1.29, 1.82) is 0 Å². The number of fused-ring (bicyclic) bond motifs is 1. The zero-order valence-corrected chi connectivity index (χ0v) is 23.8. The first-order chi connectivity index (χ1) is 18.9. The molecule has 0 radical (unpaired) electrons. The van der Waals surface area contributed by atoms with Crippen molar-refractivity contribution in [2.45, 2.75) is 69.8 Å². The van der Waals surface area contributed by atoms with E-state index in [1.807, 2.05) is 43.3 Å². The normalized spacial score (nSPS) is 24.7. The van der Waals surface area contributed by atoms with E-state index in [1.54, 1.807) is 7.11 Å². The van der Waals surface area contributed by atoms with Crippen molar-refractivity contribution < 1.29 is 28.5 Å². The Hall–Kier alpha value is -3.13. The third kappa shape index (κ3) is 4.99. The summed E-state index contributed by atoms with van der Waals surface area (Å²) in [6, 6.07) is 11.6. The average molecular weight is 595 g/mol. The molecule has 6 rings (SSSR count). The van der Waals surface area contributed by atoms with Crippen molar-refractivity contribution in [1.82, 2.24) is 0 Å². The number of carbonyl (C=O) groups is 2. The maximum atomic E-state index is 14.0. The van der Waals surface area contributed by atoms with E-state index in [1.165, 1.54) is 6.42 Å². The molecule has 3 atom stereocenters. The van der Waals surface area contributed by atoms with Gasteiger partial charge in [0, 0.05) is 33.8 Å². The summed E-state index contributed by atoms with van der Waals surface area (Å²) in [6.45, 7) is 2.02. The van der Waals surface area contributed by atoms with Crippen molar-refractivity contribution in [3.63, 3.8) is 0 Å². The molecule has 2 aromatic rings. The highest BCUT2D eigenvalue weighted by Crippen LogP contribution is 2.50. The molecular weight excluding hydrogens is 562 g/mol. The average Bonchev–Trinajstić information content (AvgIpc) is 3.39. The Morgan fingerprint density at radius 3 is 2.46 bits per heavy atom. The molecule has 8 heteroatoms. The molecule has 0 bridgehead atoms. The second kappa shape index (κ2) is 10.8. The van der Waals surface area contributed by atoms with Gasteiger partial charge < -0.3 is 18.9 Å². The molecule has 0 aromatic heterocycles. The minimum atomic E-state index is -0.691. The molecule has 2 aromatic carbocycles. The number of halogens is 1. The van der Waals surface area contributed by atoms with E-state index in [9.17, 15) is 9.59 Å². The van der Waals surface area contributed by atoms with Crippen LogP contribution in [-0.2, 0) is 14.3 Å². The lowest BCUT2D eigenvalue weighted by Gasteiger charge is -2.37. The minimum Gasteiger partial charge on any atom is -0.497 e. The Bertz CT molecular complexity index is 1360. The number of rotatable bonds is 5. The standard InChI is InChI=1S/C31H32BrNO6/c1-17-28(31(35)39-21-6-4-3-5-7-21)29(22-14-26-27(15-23(22)32)38-16-37-26)30-24(33-17)12-19(13-25(30)34)18-8-10-20(36-2)11-9-18/h8-11,14-15,19,21,28-29H,3-7,12-13,16H2,1-2H3/t19-,28?,29-/m1/s1. The van der Waals surface area contributed by atoms with Gasteiger partial charge in [0.1, 0.15) is 17.8 Å².